The Kier molecular flexibility index (Phi) is 1.99. The molecule has 1 amide bonds. The molecule has 3 heterocycles. The lowest BCUT2D eigenvalue weighted by Crippen LogP contribution is -2.52. The first-order valence-electron chi connectivity index (χ1n) is 5.46. The van der Waals surface area contributed by atoms with Crippen molar-refractivity contribution in [2.24, 2.45) is 0 Å². The van der Waals surface area contributed by atoms with E-state index in [0.717, 1.165) is 45.6 Å². The predicted octanol–water partition coefficient (Wildman–Crippen LogP) is -0.308. The number of epoxide rings is 1. The largest absolute Gasteiger partial charge is 0.372 e. The standard InChI is InChI=1S/C10H16N2O2/c13-10-2-1-8-5-11(3-4-12(8)10)6-9-7-14-9/h8-9H,1-7H2. The zero-order valence-electron chi connectivity index (χ0n) is 8.32. The molecule has 0 aliphatic carbocycles. The van der Waals surface area contributed by atoms with Crippen LogP contribution in [0.15, 0.2) is 0 Å². The van der Waals surface area contributed by atoms with E-state index in [9.17, 15) is 4.79 Å². The number of piperazine rings is 1. The van der Waals surface area contributed by atoms with Gasteiger partial charge in [0.05, 0.1) is 12.7 Å². The van der Waals surface area contributed by atoms with Crippen molar-refractivity contribution >= 4 is 5.91 Å². The quantitative estimate of drug-likeness (QED) is 0.568. The summed E-state index contributed by atoms with van der Waals surface area (Å²) in [6, 6.07) is 0.495. The fraction of sp³-hybridized carbons (Fsp3) is 0.900. The Morgan fingerprint density at radius 1 is 1.43 bits per heavy atom. The number of hydrogen-bond donors (Lipinski definition) is 0. The number of hydrogen-bond acceptors (Lipinski definition) is 3. The minimum Gasteiger partial charge on any atom is -0.372 e. The van der Waals surface area contributed by atoms with E-state index in [0.29, 0.717) is 18.1 Å². The molecule has 0 saturated carbocycles. The summed E-state index contributed by atoms with van der Waals surface area (Å²) in [7, 11) is 0. The van der Waals surface area contributed by atoms with E-state index in [1.807, 2.05) is 0 Å². The SMILES string of the molecule is O=C1CCC2CN(CC3CO3)CCN12. The van der Waals surface area contributed by atoms with Gasteiger partial charge in [-0.3, -0.25) is 9.69 Å². The molecule has 0 aromatic carbocycles. The Bertz CT molecular complexity index is 253. The number of carbonyl (C=O) groups is 1. The van der Waals surface area contributed by atoms with Gasteiger partial charge in [-0.05, 0) is 6.42 Å². The molecule has 0 bridgehead atoms. The summed E-state index contributed by atoms with van der Waals surface area (Å²) in [6.07, 6.45) is 2.30. The molecule has 2 atom stereocenters. The Hall–Kier alpha value is -0.610. The zero-order chi connectivity index (χ0) is 9.54. The van der Waals surface area contributed by atoms with Crippen molar-refractivity contribution < 1.29 is 9.53 Å². The minimum absolute atomic E-state index is 0.359. The Labute approximate surface area is 83.8 Å². The van der Waals surface area contributed by atoms with Crippen LogP contribution in [0.5, 0.6) is 0 Å². The molecule has 0 N–H and O–H groups in total. The van der Waals surface area contributed by atoms with Gasteiger partial charge < -0.3 is 9.64 Å². The van der Waals surface area contributed by atoms with Gasteiger partial charge in [-0.15, -0.1) is 0 Å². The van der Waals surface area contributed by atoms with Crippen molar-refractivity contribution in [1.82, 2.24) is 9.80 Å². The molecular weight excluding hydrogens is 180 g/mol. The molecule has 3 saturated heterocycles. The van der Waals surface area contributed by atoms with Crippen LogP contribution in [-0.4, -0.2) is 60.6 Å². The molecule has 78 valence electrons. The second kappa shape index (κ2) is 3.21. The predicted molar refractivity (Wildman–Crippen MR) is 50.9 cm³/mol. The summed E-state index contributed by atoms with van der Waals surface area (Å²) in [5.74, 6) is 0.359. The van der Waals surface area contributed by atoms with E-state index in [4.69, 9.17) is 4.74 Å². The molecule has 2 unspecified atom stereocenters. The van der Waals surface area contributed by atoms with Crippen molar-refractivity contribution in [2.75, 3.05) is 32.8 Å². The first-order valence-corrected chi connectivity index (χ1v) is 5.46. The number of fused-ring (bicyclic) bond motifs is 1. The molecule has 4 heteroatoms. The number of nitrogens with zero attached hydrogens (tertiary/aromatic N) is 2. The number of ether oxygens (including phenoxy) is 1. The third-order valence-corrected chi connectivity index (χ3v) is 3.44. The van der Waals surface area contributed by atoms with E-state index in [-0.39, 0.29) is 0 Å². The Morgan fingerprint density at radius 2 is 2.29 bits per heavy atom. The van der Waals surface area contributed by atoms with Crippen LogP contribution in [0.1, 0.15) is 12.8 Å². The Morgan fingerprint density at radius 3 is 3.07 bits per heavy atom. The number of rotatable bonds is 2. The van der Waals surface area contributed by atoms with Crippen LogP contribution in [0.2, 0.25) is 0 Å². The summed E-state index contributed by atoms with van der Waals surface area (Å²) in [5, 5.41) is 0. The third kappa shape index (κ3) is 1.53. The Balaban J connectivity index is 1.58. The lowest BCUT2D eigenvalue weighted by atomic mass is 10.1. The maximum absolute atomic E-state index is 11.4. The summed E-state index contributed by atoms with van der Waals surface area (Å²) in [6.45, 7) is 5.02. The highest BCUT2D eigenvalue weighted by Gasteiger charge is 2.37. The third-order valence-electron chi connectivity index (χ3n) is 3.44. The summed E-state index contributed by atoms with van der Waals surface area (Å²) in [4.78, 5) is 15.9. The summed E-state index contributed by atoms with van der Waals surface area (Å²) >= 11 is 0. The molecule has 3 rings (SSSR count). The zero-order valence-corrected chi connectivity index (χ0v) is 8.32. The van der Waals surface area contributed by atoms with Crippen molar-refractivity contribution in [1.29, 1.82) is 0 Å². The first kappa shape index (κ1) is 8.68. The number of carbonyl (C=O) groups excluding carboxylic acids is 1. The maximum Gasteiger partial charge on any atom is 0.222 e. The van der Waals surface area contributed by atoms with E-state index in [1.54, 1.807) is 0 Å². The van der Waals surface area contributed by atoms with Crippen LogP contribution in [0.3, 0.4) is 0 Å². The highest BCUT2D eigenvalue weighted by molar-refractivity contribution is 5.78. The molecule has 0 aromatic rings. The fourth-order valence-corrected chi connectivity index (χ4v) is 2.56. The van der Waals surface area contributed by atoms with Gasteiger partial charge >= 0.3 is 0 Å². The minimum atomic E-state index is 0.359. The van der Waals surface area contributed by atoms with Crippen LogP contribution in [0.4, 0.5) is 0 Å². The highest BCUT2D eigenvalue weighted by Crippen LogP contribution is 2.23. The molecule has 0 spiro atoms. The van der Waals surface area contributed by atoms with Gasteiger partial charge in [-0.1, -0.05) is 0 Å². The molecule has 0 radical (unpaired) electrons. The highest BCUT2D eigenvalue weighted by atomic mass is 16.6. The molecule has 4 nitrogen and oxygen atoms in total. The van der Waals surface area contributed by atoms with E-state index in [1.165, 1.54) is 0 Å². The van der Waals surface area contributed by atoms with Gasteiger partial charge in [-0.2, -0.15) is 0 Å². The lowest BCUT2D eigenvalue weighted by molar-refractivity contribution is -0.130. The summed E-state index contributed by atoms with van der Waals surface area (Å²) < 4.78 is 5.22. The molecule has 3 aliphatic rings. The molecule has 0 aromatic heterocycles. The van der Waals surface area contributed by atoms with Gasteiger partial charge in [0, 0.05) is 38.6 Å². The fourth-order valence-electron chi connectivity index (χ4n) is 2.56. The molecule has 3 aliphatic heterocycles. The molecular formula is C10H16N2O2. The van der Waals surface area contributed by atoms with Gasteiger partial charge in [0.1, 0.15) is 0 Å². The van der Waals surface area contributed by atoms with Crippen LogP contribution < -0.4 is 0 Å². The molecule has 3 fully saturated rings. The van der Waals surface area contributed by atoms with Crippen LogP contribution in [0, 0.1) is 0 Å². The van der Waals surface area contributed by atoms with Gasteiger partial charge in [0.25, 0.3) is 0 Å². The van der Waals surface area contributed by atoms with Crippen molar-refractivity contribution in [3.05, 3.63) is 0 Å². The van der Waals surface area contributed by atoms with Crippen molar-refractivity contribution in [3.63, 3.8) is 0 Å². The topological polar surface area (TPSA) is 36.1 Å². The van der Waals surface area contributed by atoms with Crippen LogP contribution in [-0.2, 0) is 9.53 Å². The lowest BCUT2D eigenvalue weighted by Gasteiger charge is -2.37. The average Bonchev–Trinajstić information content (AvgIpc) is 2.92. The average molecular weight is 196 g/mol. The summed E-state index contributed by atoms with van der Waals surface area (Å²) in [5.41, 5.74) is 0. The van der Waals surface area contributed by atoms with Crippen LogP contribution >= 0.6 is 0 Å². The second-order valence-corrected chi connectivity index (χ2v) is 4.49. The van der Waals surface area contributed by atoms with E-state index < -0.39 is 0 Å². The van der Waals surface area contributed by atoms with Crippen molar-refractivity contribution in [2.45, 2.75) is 25.0 Å². The smallest absolute Gasteiger partial charge is 0.222 e. The molecule has 14 heavy (non-hydrogen) atoms. The number of amides is 1. The van der Waals surface area contributed by atoms with Gasteiger partial charge in [0.15, 0.2) is 0 Å². The monoisotopic (exact) mass is 196 g/mol. The van der Waals surface area contributed by atoms with E-state index in [2.05, 4.69) is 9.80 Å². The van der Waals surface area contributed by atoms with E-state index >= 15 is 0 Å². The van der Waals surface area contributed by atoms with Gasteiger partial charge in [-0.25, -0.2) is 0 Å². The maximum atomic E-state index is 11.4. The first-order chi connectivity index (χ1) is 6.83. The normalized spacial score (nSPS) is 37.4. The van der Waals surface area contributed by atoms with Crippen LogP contribution in [0.25, 0.3) is 0 Å². The second-order valence-electron chi connectivity index (χ2n) is 4.49. The van der Waals surface area contributed by atoms with Gasteiger partial charge in [0.2, 0.25) is 5.91 Å². The van der Waals surface area contributed by atoms with Crippen molar-refractivity contribution in [3.8, 4) is 0 Å².